The fourth-order valence-corrected chi connectivity index (χ4v) is 2.89. The zero-order chi connectivity index (χ0) is 15.1. The number of benzene rings is 1. The van der Waals surface area contributed by atoms with E-state index in [0.29, 0.717) is 13.1 Å². The third-order valence-corrected chi connectivity index (χ3v) is 4.02. The van der Waals surface area contributed by atoms with Gasteiger partial charge in [-0.2, -0.15) is 8.78 Å². The molecule has 2 rings (SSSR count). The van der Waals surface area contributed by atoms with Crippen LogP contribution in [-0.2, 0) is 0 Å². The van der Waals surface area contributed by atoms with E-state index < -0.39 is 40.7 Å². The number of halogens is 5. The summed E-state index contributed by atoms with van der Waals surface area (Å²) in [4.78, 5) is 0. The van der Waals surface area contributed by atoms with E-state index in [4.69, 9.17) is 0 Å². The van der Waals surface area contributed by atoms with Gasteiger partial charge in [0.2, 0.25) is 17.3 Å². The maximum absolute atomic E-state index is 14.1. The molecule has 0 amide bonds. The number of piperidine rings is 1. The molecule has 6 heteroatoms. The van der Waals surface area contributed by atoms with Gasteiger partial charge in [0, 0.05) is 0 Å². The minimum absolute atomic E-state index is 0.202. The normalized spacial score (nSPS) is 19.9. The molecule has 0 N–H and O–H groups in total. The molecule has 0 aromatic heterocycles. The third-order valence-electron chi connectivity index (χ3n) is 4.02. The van der Waals surface area contributed by atoms with Gasteiger partial charge in [-0.15, -0.1) is 0 Å². The molecule has 112 valence electrons. The van der Waals surface area contributed by atoms with Gasteiger partial charge in [0.25, 0.3) is 0 Å². The molecule has 0 spiro atoms. The minimum atomic E-state index is -2.11. The second kappa shape index (κ2) is 5.31. The topological polar surface area (TPSA) is 0 Å². The van der Waals surface area contributed by atoms with Gasteiger partial charge in [-0.3, -0.25) is 4.48 Å². The van der Waals surface area contributed by atoms with Crippen molar-refractivity contribution in [1.29, 1.82) is 0 Å². The first kappa shape index (κ1) is 15.2. The molecular weight excluding hydrogens is 277 g/mol. The van der Waals surface area contributed by atoms with Crippen molar-refractivity contribution in [2.75, 3.05) is 20.1 Å². The summed E-state index contributed by atoms with van der Waals surface area (Å²) in [5.41, 5.74) is -1.81. The Morgan fingerprint density at radius 3 is 1.70 bits per heavy atom. The first-order chi connectivity index (χ1) is 9.29. The molecule has 1 aliphatic heterocycles. The first-order valence-corrected chi connectivity index (χ1v) is 6.64. The number of alkyl halides is 1. The van der Waals surface area contributed by atoms with E-state index in [2.05, 4.69) is 0 Å². The Morgan fingerprint density at radius 1 is 0.850 bits per heavy atom. The molecule has 0 radical (unpaired) electrons. The van der Waals surface area contributed by atoms with E-state index in [1.165, 1.54) is 7.05 Å². The molecule has 0 saturated carbocycles. The van der Waals surface area contributed by atoms with E-state index >= 15 is 0 Å². The minimum Gasteiger partial charge on any atom is -0.288 e. The molecule has 1 aromatic rings. The van der Waals surface area contributed by atoms with Crippen LogP contribution in [-0.4, -0.2) is 20.1 Å². The van der Waals surface area contributed by atoms with Crippen molar-refractivity contribution < 1.29 is 22.0 Å². The quantitative estimate of drug-likeness (QED) is 0.431. The maximum Gasteiger partial charge on any atom is 0.223 e. The number of likely N-dealkylation sites (tertiary alicyclic amines) is 1. The predicted molar refractivity (Wildman–Crippen MR) is 67.1 cm³/mol. The van der Waals surface area contributed by atoms with Crippen LogP contribution >= 0.6 is 0 Å². The fourth-order valence-electron chi connectivity index (χ4n) is 2.89. The Kier molecular flexibility index (Phi) is 4.04. The highest BCUT2D eigenvalue weighted by Gasteiger charge is 2.39. The molecule has 0 bridgehead atoms. The smallest absolute Gasteiger partial charge is 0.223 e. The largest absolute Gasteiger partial charge is 0.288 e. The Hall–Kier alpha value is -1.17. The summed E-state index contributed by atoms with van der Waals surface area (Å²) in [6, 6.07) is 0. The van der Waals surface area contributed by atoms with E-state index in [-0.39, 0.29) is 4.48 Å². The number of rotatable bonds is 2. The molecule has 1 atom stereocenters. The van der Waals surface area contributed by atoms with Crippen LogP contribution in [0.2, 0.25) is 0 Å². The maximum atomic E-state index is 14.1. The summed E-state index contributed by atoms with van der Waals surface area (Å²) in [6.45, 7) is 1.64. The lowest BCUT2D eigenvalue weighted by Gasteiger charge is -2.37. The van der Waals surface area contributed by atoms with Crippen molar-refractivity contribution in [1.82, 2.24) is 4.48 Å². The molecule has 0 aliphatic carbocycles. The average molecular weight is 294 g/mol. The highest BCUT2D eigenvalue weighted by molar-refractivity contribution is 5.49. The Bertz CT molecular complexity index is 492. The summed E-state index contributed by atoms with van der Waals surface area (Å²) in [7, 11) is 1.54. The van der Waals surface area contributed by atoms with Gasteiger partial charge in [0.05, 0.1) is 25.7 Å². The van der Waals surface area contributed by atoms with E-state index in [1.54, 1.807) is 0 Å². The molecule has 1 aromatic carbocycles. The van der Waals surface area contributed by atoms with Crippen molar-refractivity contribution in [3.05, 3.63) is 28.8 Å². The van der Waals surface area contributed by atoms with Crippen molar-refractivity contribution in [3.63, 3.8) is 0 Å². The summed E-state index contributed by atoms with van der Waals surface area (Å²) < 4.78 is 68.9. The summed E-state index contributed by atoms with van der Waals surface area (Å²) in [5, 5.41) is 0. The zero-order valence-corrected chi connectivity index (χ0v) is 11.4. The van der Waals surface area contributed by atoms with Crippen molar-refractivity contribution in [2.24, 2.45) is 0 Å². The van der Waals surface area contributed by atoms with Crippen LogP contribution in [0, 0.1) is 23.3 Å². The highest BCUT2D eigenvalue weighted by Crippen LogP contribution is 2.38. The Balaban J connectivity index is 2.66. The number of nitrogens with zero attached hydrogens (tertiary/aromatic N) is 1. The van der Waals surface area contributed by atoms with Crippen LogP contribution in [0.25, 0.3) is 0 Å². The van der Waals surface area contributed by atoms with Crippen LogP contribution in [0.5, 0.6) is 0 Å². The second-order valence-corrected chi connectivity index (χ2v) is 5.54. The van der Waals surface area contributed by atoms with Crippen LogP contribution in [0.3, 0.4) is 0 Å². The third kappa shape index (κ3) is 2.30. The molecule has 1 saturated heterocycles. The molecule has 20 heavy (non-hydrogen) atoms. The van der Waals surface area contributed by atoms with Gasteiger partial charge in [0.1, 0.15) is 6.17 Å². The Morgan fingerprint density at radius 2 is 1.30 bits per heavy atom. The summed E-state index contributed by atoms with van der Waals surface area (Å²) in [5.74, 6) is -6.21. The fraction of sp³-hybridized carbons (Fsp3) is 0.571. The number of hydrogen-bond donors (Lipinski definition) is 0. The van der Waals surface area contributed by atoms with Crippen molar-refractivity contribution in [3.8, 4) is 0 Å². The van der Waals surface area contributed by atoms with Crippen LogP contribution in [0.15, 0.2) is 0 Å². The predicted octanol–water partition coefficient (Wildman–Crippen LogP) is 4.39. The number of quaternary nitrogens is 1. The van der Waals surface area contributed by atoms with Gasteiger partial charge in [-0.05, 0) is 26.2 Å². The van der Waals surface area contributed by atoms with Gasteiger partial charge in [-0.25, -0.2) is 13.2 Å². The molecule has 1 fully saturated rings. The molecule has 1 nitrogen and oxygen atoms in total. The molecule has 1 unspecified atom stereocenters. The van der Waals surface area contributed by atoms with Gasteiger partial charge in [0.15, 0.2) is 11.6 Å². The lowest BCUT2D eigenvalue weighted by molar-refractivity contribution is 0.248. The summed E-state index contributed by atoms with van der Waals surface area (Å²) in [6.07, 6.45) is 0.251. The SMILES string of the molecule is CC(F)c1c(F)c(F)c([N+]2(C)CCCCC2)c(F)c1F. The zero-order valence-electron chi connectivity index (χ0n) is 11.4. The highest BCUT2D eigenvalue weighted by atomic mass is 19.2. The molecule has 1 heterocycles. The first-order valence-electron chi connectivity index (χ1n) is 6.64. The lowest BCUT2D eigenvalue weighted by atomic mass is 10.0. The van der Waals surface area contributed by atoms with Crippen LogP contribution in [0.4, 0.5) is 27.6 Å². The lowest BCUT2D eigenvalue weighted by Crippen LogP contribution is -2.50. The van der Waals surface area contributed by atoms with Crippen LogP contribution in [0.1, 0.15) is 37.9 Å². The number of hydrogen-bond acceptors (Lipinski definition) is 0. The monoisotopic (exact) mass is 294 g/mol. The van der Waals surface area contributed by atoms with Crippen molar-refractivity contribution >= 4 is 5.69 Å². The van der Waals surface area contributed by atoms with Crippen molar-refractivity contribution in [2.45, 2.75) is 32.4 Å². The van der Waals surface area contributed by atoms with Gasteiger partial charge in [-0.1, -0.05) is 0 Å². The Labute approximate surface area is 114 Å². The van der Waals surface area contributed by atoms with E-state index in [9.17, 15) is 22.0 Å². The standard InChI is InChI=1S/C14H17F5N/c1-8(15)9-10(16)12(18)14(13(19)11(9)17)20(2)6-4-3-5-7-20/h8H,3-7H2,1-2H3/q+1. The van der Waals surface area contributed by atoms with Crippen LogP contribution < -0.4 is 4.48 Å². The van der Waals surface area contributed by atoms with Gasteiger partial charge >= 0.3 is 0 Å². The van der Waals surface area contributed by atoms with E-state index in [0.717, 1.165) is 26.2 Å². The summed E-state index contributed by atoms with van der Waals surface area (Å²) >= 11 is 0. The molecular formula is C14H17F5N+. The second-order valence-electron chi connectivity index (χ2n) is 5.54. The van der Waals surface area contributed by atoms with E-state index in [1.807, 2.05) is 0 Å². The average Bonchev–Trinajstić information content (AvgIpc) is 2.37. The van der Waals surface area contributed by atoms with Gasteiger partial charge < -0.3 is 0 Å². The molecule has 1 aliphatic rings.